The van der Waals surface area contributed by atoms with Gasteiger partial charge in [-0.2, -0.15) is 0 Å². The summed E-state index contributed by atoms with van der Waals surface area (Å²) in [4.78, 5) is 33.8. The van der Waals surface area contributed by atoms with Gasteiger partial charge in [-0.15, -0.1) is 0 Å². The summed E-state index contributed by atoms with van der Waals surface area (Å²) >= 11 is 0. The number of para-hydroxylation sites is 1. The largest absolute Gasteiger partial charge is 0.459 e. The molecule has 2 aromatic heterocycles. The lowest BCUT2D eigenvalue weighted by Gasteiger charge is -2.19. The summed E-state index contributed by atoms with van der Waals surface area (Å²) in [5.41, 5.74) is 2.92. The van der Waals surface area contributed by atoms with Crippen LogP contribution in [0.2, 0.25) is 0 Å². The predicted octanol–water partition coefficient (Wildman–Crippen LogP) is 3.71. The molecule has 1 aliphatic heterocycles. The molecule has 4 aromatic rings. The molecule has 3 N–H and O–H groups in total. The van der Waals surface area contributed by atoms with Gasteiger partial charge in [-0.25, -0.2) is 9.78 Å². The second kappa shape index (κ2) is 10.6. The van der Waals surface area contributed by atoms with Gasteiger partial charge in [-0.1, -0.05) is 48.5 Å². The topological polar surface area (TPSA) is 109 Å². The number of nitrogens with zero attached hydrogens (tertiary/aromatic N) is 1. The highest BCUT2D eigenvalue weighted by atomic mass is 16.5. The van der Waals surface area contributed by atoms with Crippen LogP contribution in [0, 0.1) is 0 Å². The fourth-order valence-corrected chi connectivity index (χ4v) is 4.42. The standard InChI is InChI=1S/C27H28N4O4/c32-25(24-17-34-26(31-24)19-10-12-28-13-11-19)30-23(27(33)35-16-18-6-2-1-3-7-18)14-20-15-29-22-9-5-4-8-21(20)22/h1-9,15,17,19,23,28-29H,10-14,16H2,(H,30,32). The van der Waals surface area contributed by atoms with E-state index in [1.54, 1.807) is 0 Å². The molecule has 0 bridgehead atoms. The van der Waals surface area contributed by atoms with Crippen LogP contribution in [-0.4, -0.2) is 41.0 Å². The normalized spacial score (nSPS) is 15.1. The lowest BCUT2D eigenvalue weighted by Crippen LogP contribution is -2.43. The van der Waals surface area contributed by atoms with Crippen molar-refractivity contribution in [2.75, 3.05) is 13.1 Å². The summed E-state index contributed by atoms with van der Waals surface area (Å²) in [6.07, 6.45) is 5.33. The fourth-order valence-electron chi connectivity index (χ4n) is 4.42. The third kappa shape index (κ3) is 5.44. The van der Waals surface area contributed by atoms with Gasteiger partial charge in [-0.3, -0.25) is 4.79 Å². The first-order chi connectivity index (χ1) is 17.2. The van der Waals surface area contributed by atoms with E-state index in [2.05, 4.69) is 20.6 Å². The number of amides is 1. The Kier molecular flexibility index (Phi) is 6.90. The summed E-state index contributed by atoms with van der Waals surface area (Å²) in [7, 11) is 0. The summed E-state index contributed by atoms with van der Waals surface area (Å²) in [5.74, 6) is -0.211. The number of rotatable bonds is 8. The zero-order chi connectivity index (χ0) is 24.0. The van der Waals surface area contributed by atoms with Gasteiger partial charge in [0, 0.05) is 29.4 Å². The first kappa shape index (κ1) is 22.9. The van der Waals surface area contributed by atoms with Crippen LogP contribution < -0.4 is 10.6 Å². The zero-order valence-corrected chi connectivity index (χ0v) is 19.3. The molecule has 0 spiro atoms. The molecular weight excluding hydrogens is 444 g/mol. The number of piperidine rings is 1. The molecule has 1 saturated heterocycles. The van der Waals surface area contributed by atoms with Gasteiger partial charge in [-0.05, 0) is 43.1 Å². The van der Waals surface area contributed by atoms with Crippen molar-refractivity contribution >= 4 is 22.8 Å². The number of carbonyl (C=O) groups is 2. The van der Waals surface area contributed by atoms with E-state index in [1.165, 1.54) is 6.26 Å². The quantitative estimate of drug-likeness (QED) is 0.337. The van der Waals surface area contributed by atoms with Crippen LogP contribution in [0.3, 0.4) is 0 Å². The Morgan fingerprint density at radius 1 is 1.09 bits per heavy atom. The van der Waals surface area contributed by atoms with Crippen molar-refractivity contribution in [2.24, 2.45) is 0 Å². The van der Waals surface area contributed by atoms with Crippen LogP contribution in [-0.2, 0) is 22.6 Å². The van der Waals surface area contributed by atoms with Gasteiger partial charge in [0.1, 0.15) is 18.9 Å². The molecule has 3 heterocycles. The number of ether oxygens (including phenoxy) is 1. The molecule has 35 heavy (non-hydrogen) atoms. The van der Waals surface area contributed by atoms with E-state index < -0.39 is 17.9 Å². The molecular formula is C27H28N4O4. The maximum Gasteiger partial charge on any atom is 0.329 e. The SMILES string of the molecule is O=C(NC(Cc1c[nH]c2ccccc12)C(=O)OCc1ccccc1)c1coc(C2CCNCC2)n1. The first-order valence-electron chi connectivity index (χ1n) is 11.9. The molecule has 8 nitrogen and oxygen atoms in total. The van der Waals surface area contributed by atoms with Crippen molar-refractivity contribution in [3.05, 3.63) is 89.8 Å². The second-order valence-electron chi connectivity index (χ2n) is 8.78. The van der Waals surface area contributed by atoms with Gasteiger partial charge in [0.15, 0.2) is 11.6 Å². The molecule has 5 rings (SSSR count). The number of aromatic amines is 1. The Morgan fingerprint density at radius 3 is 2.69 bits per heavy atom. The molecule has 1 aliphatic rings. The Bertz CT molecular complexity index is 1290. The number of hydrogen-bond acceptors (Lipinski definition) is 6. The number of oxazole rings is 1. The lowest BCUT2D eigenvalue weighted by atomic mass is 9.98. The summed E-state index contributed by atoms with van der Waals surface area (Å²) in [6, 6.07) is 16.4. The number of nitrogens with one attached hydrogen (secondary N) is 3. The molecule has 1 atom stereocenters. The molecule has 0 aliphatic carbocycles. The maximum atomic E-state index is 13.1. The smallest absolute Gasteiger partial charge is 0.329 e. The van der Waals surface area contributed by atoms with E-state index in [9.17, 15) is 9.59 Å². The molecule has 0 radical (unpaired) electrons. The number of H-pyrrole nitrogens is 1. The highest BCUT2D eigenvalue weighted by Gasteiger charge is 2.27. The summed E-state index contributed by atoms with van der Waals surface area (Å²) < 4.78 is 11.2. The molecule has 2 aromatic carbocycles. The molecule has 1 amide bonds. The number of esters is 1. The fraction of sp³-hybridized carbons (Fsp3) is 0.296. The third-order valence-corrected chi connectivity index (χ3v) is 6.36. The Balaban J connectivity index is 1.32. The number of aromatic nitrogens is 2. The molecule has 0 saturated carbocycles. The van der Waals surface area contributed by atoms with Crippen molar-refractivity contribution in [3.63, 3.8) is 0 Å². The highest BCUT2D eigenvalue weighted by molar-refractivity contribution is 5.95. The Morgan fingerprint density at radius 2 is 1.86 bits per heavy atom. The summed E-state index contributed by atoms with van der Waals surface area (Å²) in [6.45, 7) is 1.92. The Hall–Kier alpha value is -3.91. The predicted molar refractivity (Wildman–Crippen MR) is 131 cm³/mol. The van der Waals surface area contributed by atoms with Crippen LogP contribution in [0.1, 0.15) is 46.3 Å². The van der Waals surface area contributed by atoms with Crippen LogP contribution in [0.15, 0.2) is 71.5 Å². The molecule has 180 valence electrons. The van der Waals surface area contributed by atoms with E-state index in [-0.39, 0.29) is 24.6 Å². The van der Waals surface area contributed by atoms with Crippen molar-refractivity contribution in [1.82, 2.24) is 20.6 Å². The van der Waals surface area contributed by atoms with E-state index in [0.717, 1.165) is 48.0 Å². The minimum Gasteiger partial charge on any atom is -0.459 e. The monoisotopic (exact) mass is 472 g/mol. The van der Waals surface area contributed by atoms with Crippen LogP contribution in [0.25, 0.3) is 10.9 Å². The van der Waals surface area contributed by atoms with E-state index in [1.807, 2.05) is 60.8 Å². The minimum absolute atomic E-state index is 0.129. The zero-order valence-electron chi connectivity index (χ0n) is 19.3. The van der Waals surface area contributed by atoms with Crippen molar-refractivity contribution in [2.45, 2.75) is 37.8 Å². The first-order valence-corrected chi connectivity index (χ1v) is 11.9. The van der Waals surface area contributed by atoms with Crippen molar-refractivity contribution in [3.8, 4) is 0 Å². The molecule has 1 fully saturated rings. The van der Waals surface area contributed by atoms with Gasteiger partial charge >= 0.3 is 5.97 Å². The van der Waals surface area contributed by atoms with E-state index >= 15 is 0 Å². The van der Waals surface area contributed by atoms with Gasteiger partial charge in [0.25, 0.3) is 5.91 Å². The Labute approximate surface area is 203 Å². The van der Waals surface area contributed by atoms with E-state index in [4.69, 9.17) is 9.15 Å². The number of benzene rings is 2. The minimum atomic E-state index is -0.885. The molecule has 8 heteroatoms. The third-order valence-electron chi connectivity index (χ3n) is 6.36. The van der Waals surface area contributed by atoms with E-state index in [0.29, 0.717) is 5.89 Å². The second-order valence-corrected chi connectivity index (χ2v) is 8.78. The number of fused-ring (bicyclic) bond motifs is 1. The number of carbonyl (C=O) groups excluding carboxylic acids is 2. The van der Waals surface area contributed by atoms with Gasteiger partial charge < -0.3 is 24.8 Å². The van der Waals surface area contributed by atoms with Gasteiger partial charge in [0.05, 0.1) is 0 Å². The molecule has 1 unspecified atom stereocenters. The van der Waals surface area contributed by atoms with Crippen molar-refractivity contribution in [1.29, 1.82) is 0 Å². The van der Waals surface area contributed by atoms with Crippen LogP contribution in [0.4, 0.5) is 0 Å². The van der Waals surface area contributed by atoms with Crippen molar-refractivity contribution < 1.29 is 18.7 Å². The number of hydrogen-bond donors (Lipinski definition) is 3. The van der Waals surface area contributed by atoms with Crippen LogP contribution >= 0.6 is 0 Å². The van der Waals surface area contributed by atoms with Gasteiger partial charge in [0.2, 0.25) is 0 Å². The van der Waals surface area contributed by atoms with Crippen LogP contribution in [0.5, 0.6) is 0 Å². The maximum absolute atomic E-state index is 13.1. The average molecular weight is 473 g/mol. The summed E-state index contributed by atoms with van der Waals surface area (Å²) in [5, 5.41) is 7.13. The lowest BCUT2D eigenvalue weighted by molar-refractivity contribution is -0.147. The highest BCUT2D eigenvalue weighted by Crippen LogP contribution is 2.24. The average Bonchev–Trinajstić information content (AvgIpc) is 3.56.